The number of H-pyrrole nitrogens is 1. The Kier molecular flexibility index (Phi) is 4.04. The summed E-state index contributed by atoms with van der Waals surface area (Å²) in [6.45, 7) is 1.45. The molecule has 1 fully saturated rings. The molecule has 2 N–H and O–H groups in total. The average Bonchev–Trinajstić information content (AvgIpc) is 3.17. The number of para-hydroxylation sites is 1. The molecular formula is C22H21N3O3. The molecule has 5 rings (SSSR count). The lowest BCUT2D eigenvalue weighted by molar-refractivity contribution is -0.118. The van der Waals surface area contributed by atoms with E-state index >= 15 is 0 Å². The molecule has 2 aliphatic heterocycles. The molecule has 0 atom stereocenters. The Morgan fingerprint density at radius 1 is 1.11 bits per heavy atom. The van der Waals surface area contributed by atoms with Gasteiger partial charge in [0, 0.05) is 35.8 Å². The molecule has 6 nitrogen and oxygen atoms in total. The molecule has 6 heteroatoms. The summed E-state index contributed by atoms with van der Waals surface area (Å²) in [6.07, 6.45) is 4.01. The van der Waals surface area contributed by atoms with Crippen LogP contribution in [0.2, 0.25) is 0 Å². The number of hydrogen-bond donors (Lipinski definition) is 2. The number of fused-ring (bicyclic) bond motifs is 2. The van der Waals surface area contributed by atoms with Crippen LogP contribution in [-0.2, 0) is 4.79 Å². The second-order valence-corrected chi connectivity index (χ2v) is 7.40. The average molecular weight is 375 g/mol. The second-order valence-electron chi connectivity index (χ2n) is 7.40. The summed E-state index contributed by atoms with van der Waals surface area (Å²) in [4.78, 5) is 29.6. The Morgan fingerprint density at radius 2 is 1.93 bits per heavy atom. The summed E-state index contributed by atoms with van der Waals surface area (Å²) in [5, 5.41) is 4.03. The number of piperidine rings is 1. The summed E-state index contributed by atoms with van der Waals surface area (Å²) in [5.74, 6) is 0.855. The quantitative estimate of drug-likeness (QED) is 0.720. The lowest BCUT2D eigenvalue weighted by Crippen LogP contribution is -2.38. The zero-order valence-electron chi connectivity index (χ0n) is 15.4. The van der Waals surface area contributed by atoms with E-state index in [1.807, 2.05) is 11.0 Å². The number of aromatic amines is 1. The largest absolute Gasteiger partial charge is 0.482 e. The molecule has 3 heterocycles. The Bertz CT molecular complexity index is 1060. The van der Waals surface area contributed by atoms with Crippen LogP contribution in [0.25, 0.3) is 10.9 Å². The van der Waals surface area contributed by atoms with Crippen molar-refractivity contribution in [2.75, 3.05) is 25.0 Å². The molecule has 0 unspecified atom stereocenters. The minimum atomic E-state index is -0.175. The van der Waals surface area contributed by atoms with Gasteiger partial charge in [0.05, 0.1) is 5.69 Å². The number of rotatable bonds is 2. The fourth-order valence-corrected chi connectivity index (χ4v) is 4.22. The highest BCUT2D eigenvalue weighted by Gasteiger charge is 2.27. The molecule has 3 aromatic rings. The van der Waals surface area contributed by atoms with Crippen LogP contribution in [0.5, 0.6) is 5.75 Å². The molecule has 28 heavy (non-hydrogen) atoms. The number of nitrogens with zero attached hydrogens (tertiary/aromatic N) is 1. The van der Waals surface area contributed by atoms with E-state index in [4.69, 9.17) is 4.74 Å². The highest BCUT2D eigenvalue weighted by atomic mass is 16.5. The molecule has 0 radical (unpaired) electrons. The molecule has 2 aromatic carbocycles. The van der Waals surface area contributed by atoms with Crippen molar-refractivity contribution >= 4 is 28.4 Å². The van der Waals surface area contributed by atoms with Gasteiger partial charge in [-0.25, -0.2) is 0 Å². The lowest BCUT2D eigenvalue weighted by Gasteiger charge is -2.32. The normalized spacial score (nSPS) is 17.1. The number of amides is 2. The van der Waals surface area contributed by atoms with Gasteiger partial charge in [-0.1, -0.05) is 18.2 Å². The maximum absolute atomic E-state index is 12.9. The Labute approximate surface area is 162 Å². The maximum Gasteiger partial charge on any atom is 0.262 e. The van der Waals surface area contributed by atoms with Gasteiger partial charge in [0.15, 0.2) is 6.61 Å². The van der Waals surface area contributed by atoms with E-state index in [1.54, 1.807) is 18.2 Å². The second kappa shape index (κ2) is 6.71. The summed E-state index contributed by atoms with van der Waals surface area (Å²) in [6, 6.07) is 13.6. The van der Waals surface area contributed by atoms with Crippen LogP contribution in [-0.4, -0.2) is 41.4 Å². The fraction of sp³-hybridized carbons (Fsp3) is 0.273. The number of carbonyl (C=O) groups is 2. The molecule has 0 aliphatic carbocycles. The van der Waals surface area contributed by atoms with Gasteiger partial charge in [0.25, 0.3) is 11.8 Å². The zero-order valence-corrected chi connectivity index (χ0v) is 15.4. The number of nitrogens with one attached hydrogen (secondary N) is 2. The molecule has 142 valence electrons. The minimum absolute atomic E-state index is 0.0132. The van der Waals surface area contributed by atoms with Gasteiger partial charge in [-0.15, -0.1) is 0 Å². The van der Waals surface area contributed by atoms with Gasteiger partial charge in [0.1, 0.15) is 5.75 Å². The number of hydrogen-bond acceptors (Lipinski definition) is 3. The smallest absolute Gasteiger partial charge is 0.262 e. The van der Waals surface area contributed by atoms with Crippen molar-refractivity contribution in [2.45, 2.75) is 18.8 Å². The number of benzene rings is 2. The van der Waals surface area contributed by atoms with Crippen LogP contribution >= 0.6 is 0 Å². The number of ether oxygens (including phenoxy) is 1. The number of likely N-dealkylation sites (tertiary alicyclic amines) is 1. The van der Waals surface area contributed by atoms with Gasteiger partial charge in [-0.3, -0.25) is 9.59 Å². The van der Waals surface area contributed by atoms with Crippen molar-refractivity contribution in [2.24, 2.45) is 0 Å². The summed E-state index contributed by atoms with van der Waals surface area (Å²) in [7, 11) is 0. The monoisotopic (exact) mass is 375 g/mol. The molecule has 2 amide bonds. The van der Waals surface area contributed by atoms with Crippen molar-refractivity contribution in [1.82, 2.24) is 9.88 Å². The SMILES string of the molecule is O=C1COc2cc(C(=O)N3CCC(c4c[nH]c5ccccc45)CC3)ccc2N1. The molecule has 1 saturated heterocycles. The topological polar surface area (TPSA) is 74.4 Å². The van der Waals surface area contributed by atoms with Crippen LogP contribution in [0.15, 0.2) is 48.7 Å². The zero-order chi connectivity index (χ0) is 19.1. The van der Waals surface area contributed by atoms with Gasteiger partial charge in [-0.2, -0.15) is 0 Å². The molecule has 0 spiro atoms. The number of anilines is 1. The van der Waals surface area contributed by atoms with E-state index in [1.165, 1.54) is 10.9 Å². The lowest BCUT2D eigenvalue weighted by atomic mass is 9.89. The van der Waals surface area contributed by atoms with E-state index in [0.29, 0.717) is 22.9 Å². The molecule has 0 saturated carbocycles. The van der Waals surface area contributed by atoms with Gasteiger partial charge >= 0.3 is 0 Å². The van der Waals surface area contributed by atoms with Crippen LogP contribution in [0.1, 0.15) is 34.7 Å². The first-order valence-corrected chi connectivity index (χ1v) is 9.61. The molecule has 1 aromatic heterocycles. The highest BCUT2D eigenvalue weighted by molar-refractivity contribution is 5.99. The van der Waals surface area contributed by atoms with E-state index in [0.717, 1.165) is 31.4 Å². The van der Waals surface area contributed by atoms with E-state index < -0.39 is 0 Å². The third-order valence-corrected chi connectivity index (χ3v) is 5.70. The Morgan fingerprint density at radius 3 is 2.79 bits per heavy atom. The van der Waals surface area contributed by atoms with Gasteiger partial charge in [-0.05, 0) is 48.6 Å². The summed E-state index contributed by atoms with van der Waals surface area (Å²) >= 11 is 0. The van der Waals surface area contributed by atoms with Crippen molar-refractivity contribution in [3.63, 3.8) is 0 Å². The first-order valence-electron chi connectivity index (χ1n) is 9.61. The Hall–Kier alpha value is -3.28. The third-order valence-electron chi connectivity index (χ3n) is 5.70. The standard InChI is InChI=1S/C22H21N3O3/c26-21-13-28-20-11-15(5-6-19(20)24-21)22(27)25-9-7-14(8-10-25)17-12-23-18-4-2-1-3-16(17)18/h1-6,11-12,14,23H,7-10,13H2,(H,24,26). The van der Waals surface area contributed by atoms with Crippen molar-refractivity contribution < 1.29 is 14.3 Å². The van der Waals surface area contributed by atoms with Gasteiger partial charge in [0.2, 0.25) is 0 Å². The first-order chi connectivity index (χ1) is 13.7. The number of carbonyl (C=O) groups excluding carboxylic acids is 2. The minimum Gasteiger partial charge on any atom is -0.482 e. The van der Waals surface area contributed by atoms with E-state index in [-0.39, 0.29) is 18.4 Å². The van der Waals surface area contributed by atoms with Gasteiger partial charge < -0.3 is 19.9 Å². The van der Waals surface area contributed by atoms with Crippen molar-refractivity contribution in [3.05, 3.63) is 59.8 Å². The third kappa shape index (κ3) is 2.91. The fourth-order valence-electron chi connectivity index (χ4n) is 4.22. The predicted octanol–water partition coefficient (Wildman–Crippen LogP) is 3.52. The van der Waals surface area contributed by atoms with Crippen molar-refractivity contribution in [3.8, 4) is 5.75 Å². The van der Waals surface area contributed by atoms with Crippen LogP contribution < -0.4 is 10.1 Å². The molecule has 2 aliphatic rings. The molecular weight excluding hydrogens is 354 g/mol. The van der Waals surface area contributed by atoms with Crippen LogP contribution in [0.4, 0.5) is 5.69 Å². The van der Waals surface area contributed by atoms with Crippen LogP contribution in [0.3, 0.4) is 0 Å². The summed E-state index contributed by atoms with van der Waals surface area (Å²) < 4.78 is 5.43. The van der Waals surface area contributed by atoms with Crippen molar-refractivity contribution in [1.29, 1.82) is 0 Å². The van der Waals surface area contributed by atoms with E-state index in [2.05, 4.69) is 34.7 Å². The Balaban J connectivity index is 1.29. The van der Waals surface area contributed by atoms with E-state index in [9.17, 15) is 9.59 Å². The first kappa shape index (κ1) is 16.9. The molecule has 0 bridgehead atoms. The highest BCUT2D eigenvalue weighted by Crippen LogP contribution is 2.34. The van der Waals surface area contributed by atoms with Crippen LogP contribution in [0, 0.1) is 0 Å². The summed E-state index contributed by atoms with van der Waals surface area (Å²) in [5.41, 5.74) is 3.73. The maximum atomic E-state index is 12.9. The number of aromatic nitrogens is 1. The predicted molar refractivity (Wildman–Crippen MR) is 107 cm³/mol.